The molecular weight excluding hydrogens is 294 g/mol. The van der Waals surface area contributed by atoms with Crippen molar-refractivity contribution in [1.82, 2.24) is 0 Å². The molecule has 0 amide bonds. The van der Waals surface area contributed by atoms with Gasteiger partial charge in [-0.1, -0.05) is 24.3 Å². The lowest BCUT2D eigenvalue weighted by atomic mass is 10.0. The Morgan fingerprint density at radius 1 is 1.13 bits per heavy atom. The van der Waals surface area contributed by atoms with E-state index < -0.39 is 4.92 Å². The number of hydrogen-bond acceptors (Lipinski definition) is 4. The van der Waals surface area contributed by atoms with Gasteiger partial charge in [-0.25, -0.2) is 0 Å². The molecule has 0 radical (unpaired) electrons. The van der Waals surface area contributed by atoms with Crippen LogP contribution in [0.25, 0.3) is 0 Å². The van der Waals surface area contributed by atoms with E-state index in [2.05, 4.69) is 24.3 Å². The van der Waals surface area contributed by atoms with Gasteiger partial charge >= 0.3 is 0 Å². The van der Waals surface area contributed by atoms with Gasteiger partial charge < -0.3 is 9.47 Å². The molecule has 0 unspecified atom stereocenters. The zero-order valence-electron chi connectivity index (χ0n) is 13.0. The van der Waals surface area contributed by atoms with Crippen LogP contribution in [0.5, 0.6) is 11.5 Å². The predicted molar refractivity (Wildman–Crippen MR) is 87.1 cm³/mol. The Kier molecular flexibility index (Phi) is 4.46. The Hall–Kier alpha value is -2.56. The third-order valence-corrected chi connectivity index (χ3v) is 4.28. The number of hydrogen-bond donors (Lipinski definition) is 0. The molecule has 0 fully saturated rings. The first-order chi connectivity index (χ1) is 11.2. The molecule has 2 aromatic carbocycles. The van der Waals surface area contributed by atoms with E-state index in [1.807, 2.05) is 0 Å². The summed E-state index contributed by atoms with van der Waals surface area (Å²) < 4.78 is 11.0. The van der Waals surface area contributed by atoms with Crippen LogP contribution in [0.1, 0.15) is 17.5 Å². The fourth-order valence-electron chi connectivity index (χ4n) is 3.08. The molecule has 1 aliphatic rings. The van der Waals surface area contributed by atoms with Crippen LogP contribution in [0.15, 0.2) is 42.5 Å². The van der Waals surface area contributed by atoms with Crippen LogP contribution < -0.4 is 9.47 Å². The van der Waals surface area contributed by atoms with Gasteiger partial charge in [0.25, 0.3) is 5.69 Å². The van der Waals surface area contributed by atoms with Crippen LogP contribution in [0.2, 0.25) is 0 Å². The van der Waals surface area contributed by atoms with E-state index in [4.69, 9.17) is 9.47 Å². The van der Waals surface area contributed by atoms with Crippen molar-refractivity contribution in [1.29, 1.82) is 0 Å². The molecule has 0 saturated heterocycles. The maximum absolute atomic E-state index is 10.9. The molecule has 5 nitrogen and oxygen atoms in total. The highest BCUT2D eigenvalue weighted by molar-refractivity contribution is 5.48. The molecule has 1 aliphatic carbocycles. The third-order valence-electron chi connectivity index (χ3n) is 4.28. The van der Waals surface area contributed by atoms with Crippen molar-refractivity contribution in [3.8, 4) is 11.5 Å². The Balaban J connectivity index is 1.59. The highest BCUT2D eigenvalue weighted by Gasteiger charge is 2.21. The average molecular weight is 313 g/mol. The smallest absolute Gasteiger partial charge is 0.273 e. The van der Waals surface area contributed by atoms with Crippen molar-refractivity contribution in [2.24, 2.45) is 5.92 Å². The number of rotatable bonds is 6. The van der Waals surface area contributed by atoms with E-state index in [0.29, 0.717) is 24.0 Å². The van der Waals surface area contributed by atoms with Gasteiger partial charge in [-0.2, -0.15) is 0 Å². The van der Waals surface area contributed by atoms with Crippen molar-refractivity contribution in [3.63, 3.8) is 0 Å². The number of non-ortho nitro benzene ring substituents is 1. The van der Waals surface area contributed by atoms with E-state index in [1.54, 1.807) is 6.07 Å². The van der Waals surface area contributed by atoms with E-state index >= 15 is 0 Å². The molecule has 0 aromatic heterocycles. The van der Waals surface area contributed by atoms with Gasteiger partial charge in [-0.05, 0) is 42.4 Å². The number of fused-ring (bicyclic) bond motifs is 1. The first-order valence-corrected chi connectivity index (χ1v) is 7.69. The van der Waals surface area contributed by atoms with E-state index in [1.165, 1.54) is 30.4 Å². The van der Waals surface area contributed by atoms with Crippen molar-refractivity contribution < 1.29 is 14.4 Å². The molecule has 0 heterocycles. The number of benzene rings is 2. The molecule has 2 aromatic rings. The predicted octanol–water partition coefficient (Wildman–Crippen LogP) is 3.79. The highest BCUT2D eigenvalue weighted by atomic mass is 16.6. The van der Waals surface area contributed by atoms with Crippen LogP contribution in [0.4, 0.5) is 5.69 Å². The number of nitrogens with zero attached hydrogens (tertiary/aromatic N) is 1. The van der Waals surface area contributed by atoms with E-state index in [9.17, 15) is 10.1 Å². The second-order valence-electron chi connectivity index (χ2n) is 5.77. The second kappa shape index (κ2) is 6.69. The minimum Gasteiger partial charge on any atom is -0.493 e. The minimum absolute atomic E-state index is 0.00840. The van der Waals surface area contributed by atoms with Gasteiger partial charge in [-0.15, -0.1) is 0 Å². The summed E-state index contributed by atoms with van der Waals surface area (Å²) in [5.41, 5.74) is 2.85. The summed E-state index contributed by atoms with van der Waals surface area (Å²) >= 11 is 0. The Labute approximate surface area is 135 Å². The van der Waals surface area contributed by atoms with Crippen molar-refractivity contribution in [3.05, 3.63) is 63.7 Å². The van der Waals surface area contributed by atoms with Crippen LogP contribution in [0, 0.1) is 16.0 Å². The molecule has 0 atom stereocenters. The molecular formula is C18H19NO4. The molecule has 0 saturated carbocycles. The summed E-state index contributed by atoms with van der Waals surface area (Å²) in [6.07, 6.45) is 3.07. The molecule has 0 spiro atoms. The van der Waals surface area contributed by atoms with E-state index in [0.717, 1.165) is 19.3 Å². The lowest BCUT2D eigenvalue weighted by Crippen LogP contribution is -2.08. The molecule has 0 bridgehead atoms. The molecule has 0 N–H and O–H groups in total. The number of ether oxygens (including phenoxy) is 2. The van der Waals surface area contributed by atoms with Crippen LogP contribution in [0.3, 0.4) is 0 Å². The summed E-state index contributed by atoms with van der Waals surface area (Å²) in [7, 11) is 1.53. The van der Waals surface area contributed by atoms with Gasteiger partial charge in [0.05, 0.1) is 24.7 Å². The highest BCUT2D eigenvalue weighted by Crippen LogP contribution is 2.32. The maximum Gasteiger partial charge on any atom is 0.273 e. The zero-order chi connectivity index (χ0) is 16.2. The topological polar surface area (TPSA) is 61.6 Å². The maximum atomic E-state index is 10.9. The van der Waals surface area contributed by atoms with Gasteiger partial charge in [-0.3, -0.25) is 10.1 Å². The quantitative estimate of drug-likeness (QED) is 0.601. The van der Waals surface area contributed by atoms with Crippen molar-refractivity contribution >= 4 is 5.69 Å². The van der Waals surface area contributed by atoms with Crippen molar-refractivity contribution in [2.45, 2.75) is 19.3 Å². The molecule has 23 heavy (non-hydrogen) atoms. The summed E-state index contributed by atoms with van der Waals surface area (Å²) in [4.78, 5) is 10.4. The minimum atomic E-state index is -0.431. The lowest BCUT2D eigenvalue weighted by molar-refractivity contribution is -0.385. The Bertz CT molecular complexity index is 689. The fraction of sp³-hybridized carbons (Fsp3) is 0.333. The normalized spacial score (nSPS) is 13.6. The van der Waals surface area contributed by atoms with Crippen LogP contribution in [-0.4, -0.2) is 18.6 Å². The SMILES string of the molecule is COc1ccc([N+](=O)[O-])cc1OCCC1Cc2ccccc2C1. The van der Waals surface area contributed by atoms with Gasteiger partial charge in [0.1, 0.15) is 0 Å². The van der Waals surface area contributed by atoms with Gasteiger partial charge in [0.15, 0.2) is 11.5 Å². The summed E-state index contributed by atoms with van der Waals surface area (Å²) in [5, 5.41) is 10.9. The second-order valence-corrected chi connectivity index (χ2v) is 5.77. The standard InChI is InChI=1S/C18H19NO4/c1-22-17-7-6-16(19(20)21)12-18(17)23-9-8-13-10-14-4-2-3-5-15(14)11-13/h2-7,12-13H,8-11H2,1H3. The molecule has 120 valence electrons. The van der Waals surface area contributed by atoms with Gasteiger partial charge in [0.2, 0.25) is 0 Å². The summed E-state index contributed by atoms with van der Waals surface area (Å²) in [6.45, 7) is 0.524. The fourth-order valence-corrected chi connectivity index (χ4v) is 3.08. The number of methoxy groups -OCH3 is 1. The first kappa shape index (κ1) is 15.3. The van der Waals surface area contributed by atoms with E-state index in [-0.39, 0.29) is 5.69 Å². The zero-order valence-corrected chi connectivity index (χ0v) is 13.0. The number of nitro groups is 1. The largest absolute Gasteiger partial charge is 0.493 e. The molecule has 3 rings (SSSR count). The number of nitro benzene ring substituents is 1. The Morgan fingerprint density at radius 2 is 1.83 bits per heavy atom. The van der Waals surface area contributed by atoms with Crippen LogP contribution >= 0.6 is 0 Å². The third kappa shape index (κ3) is 3.44. The van der Waals surface area contributed by atoms with Crippen LogP contribution in [-0.2, 0) is 12.8 Å². The first-order valence-electron chi connectivity index (χ1n) is 7.69. The Morgan fingerprint density at radius 3 is 2.43 bits per heavy atom. The molecule has 0 aliphatic heterocycles. The van der Waals surface area contributed by atoms with Gasteiger partial charge in [0, 0.05) is 6.07 Å². The van der Waals surface area contributed by atoms with Crippen molar-refractivity contribution in [2.75, 3.05) is 13.7 Å². The monoisotopic (exact) mass is 313 g/mol. The summed E-state index contributed by atoms with van der Waals surface area (Å²) in [6, 6.07) is 12.9. The summed E-state index contributed by atoms with van der Waals surface area (Å²) in [5.74, 6) is 1.51. The lowest BCUT2D eigenvalue weighted by Gasteiger charge is -2.13. The average Bonchev–Trinajstić information content (AvgIpc) is 2.97. The molecule has 5 heteroatoms.